The molecule has 2 aliphatic rings. The van der Waals surface area contributed by atoms with E-state index in [9.17, 15) is 19.5 Å². The molecule has 0 aromatic heterocycles. The van der Waals surface area contributed by atoms with Crippen LogP contribution in [0.1, 0.15) is 18.4 Å². The van der Waals surface area contributed by atoms with Crippen molar-refractivity contribution >= 4 is 17.9 Å². The number of benzene rings is 1. The van der Waals surface area contributed by atoms with Gasteiger partial charge >= 0.3 is 6.09 Å². The molecule has 3 amide bonds. The lowest BCUT2D eigenvalue weighted by Crippen LogP contribution is -2.58. The number of carbonyl (C=O) groups is 3. The van der Waals surface area contributed by atoms with Crippen LogP contribution in [0.3, 0.4) is 0 Å². The number of likely N-dealkylation sites (tertiary alicyclic amines) is 2. The molecule has 27 heavy (non-hydrogen) atoms. The van der Waals surface area contributed by atoms with Gasteiger partial charge in [-0.2, -0.15) is 0 Å². The van der Waals surface area contributed by atoms with E-state index in [2.05, 4.69) is 5.32 Å². The van der Waals surface area contributed by atoms with Crippen LogP contribution in [0.15, 0.2) is 30.3 Å². The van der Waals surface area contributed by atoms with Crippen LogP contribution in [0, 0.1) is 5.92 Å². The molecule has 0 aliphatic carbocycles. The summed E-state index contributed by atoms with van der Waals surface area (Å²) in [5.74, 6) is -1.66. The second-order valence-electron chi connectivity index (χ2n) is 7.06. The average Bonchev–Trinajstić information content (AvgIpc) is 2.88. The molecule has 8 nitrogen and oxygen atoms in total. The highest BCUT2D eigenvalue weighted by Crippen LogP contribution is 2.43. The van der Waals surface area contributed by atoms with E-state index in [1.54, 1.807) is 11.9 Å². The van der Waals surface area contributed by atoms with Gasteiger partial charge in [-0.15, -0.1) is 0 Å². The molecule has 2 aliphatic heterocycles. The van der Waals surface area contributed by atoms with Gasteiger partial charge in [-0.25, -0.2) is 4.79 Å². The molecule has 0 unspecified atom stereocenters. The van der Waals surface area contributed by atoms with Crippen LogP contribution < -0.4 is 5.32 Å². The Morgan fingerprint density at radius 2 is 1.89 bits per heavy atom. The first-order chi connectivity index (χ1) is 12.9. The first-order valence-electron chi connectivity index (χ1n) is 9.03. The maximum Gasteiger partial charge on any atom is 0.410 e. The summed E-state index contributed by atoms with van der Waals surface area (Å²) < 4.78 is 5.36. The van der Waals surface area contributed by atoms with E-state index in [1.165, 1.54) is 11.9 Å². The minimum atomic E-state index is -1.36. The fraction of sp³-hybridized carbons (Fsp3) is 0.526. The molecule has 8 heteroatoms. The van der Waals surface area contributed by atoms with Crippen LogP contribution in [-0.4, -0.2) is 71.6 Å². The SMILES string of the molecule is CNC(=O)[C@@H]1[C@@H](O)C(=O)N(C)C12CCN(C(=O)OCc1ccccc1)CC2. The maximum atomic E-state index is 12.4. The van der Waals surface area contributed by atoms with Crippen molar-refractivity contribution in [1.29, 1.82) is 0 Å². The van der Waals surface area contributed by atoms with Crippen LogP contribution in [0.5, 0.6) is 0 Å². The second-order valence-corrected chi connectivity index (χ2v) is 7.06. The third-order valence-corrected chi connectivity index (χ3v) is 5.77. The summed E-state index contributed by atoms with van der Waals surface area (Å²) >= 11 is 0. The molecule has 0 saturated carbocycles. The van der Waals surface area contributed by atoms with E-state index in [4.69, 9.17) is 4.74 Å². The lowest BCUT2D eigenvalue weighted by atomic mass is 9.75. The normalized spacial score (nSPS) is 24.2. The Morgan fingerprint density at radius 3 is 2.48 bits per heavy atom. The standard InChI is InChI=1S/C19H25N3O5/c1-20-16(24)14-15(23)17(25)21(2)19(14)8-10-22(11-9-19)18(26)27-12-13-6-4-3-5-7-13/h3-7,14-15,23H,8-12H2,1-2H3,(H,20,24)/t14-,15+/m0/s1. The Balaban J connectivity index is 1.65. The first kappa shape index (κ1) is 19.2. The Hall–Kier alpha value is -2.61. The van der Waals surface area contributed by atoms with Crippen molar-refractivity contribution in [3.05, 3.63) is 35.9 Å². The topological polar surface area (TPSA) is 99.2 Å². The fourth-order valence-electron chi connectivity index (χ4n) is 4.14. The van der Waals surface area contributed by atoms with Crippen LogP contribution in [-0.2, 0) is 20.9 Å². The van der Waals surface area contributed by atoms with Gasteiger partial charge in [-0.3, -0.25) is 9.59 Å². The number of likely N-dealkylation sites (N-methyl/N-ethyl adjacent to an activating group) is 1. The monoisotopic (exact) mass is 375 g/mol. The molecule has 2 heterocycles. The summed E-state index contributed by atoms with van der Waals surface area (Å²) in [5, 5.41) is 12.8. The largest absolute Gasteiger partial charge is 0.445 e. The number of rotatable bonds is 3. The van der Waals surface area contributed by atoms with Crippen molar-refractivity contribution < 1.29 is 24.2 Å². The Kier molecular flexibility index (Phi) is 5.36. The van der Waals surface area contributed by atoms with Crippen molar-refractivity contribution in [2.24, 2.45) is 5.92 Å². The summed E-state index contributed by atoms with van der Waals surface area (Å²) in [6.07, 6.45) is -0.959. The summed E-state index contributed by atoms with van der Waals surface area (Å²) in [6.45, 7) is 0.899. The number of nitrogens with zero attached hydrogens (tertiary/aromatic N) is 2. The smallest absolute Gasteiger partial charge is 0.410 e. The lowest BCUT2D eigenvalue weighted by Gasteiger charge is -2.45. The van der Waals surface area contributed by atoms with Crippen molar-refractivity contribution in [1.82, 2.24) is 15.1 Å². The molecular weight excluding hydrogens is 350 g/mol. The average molecular weight is 375 g/mol. The number of ether oxygens (including phenoxy) is 1. The molecule has 3 rings (SSSR count). The minimum absolute atomic E-state index is 0.194. The highest BCUT2D eigenvalue weighted by molar-refractivity contribution is 5.94. The van der Waals surface area contributed by atoms with Crippen molar-refractivity contribution in [2.45, 2.75) is 31.1 Å². The summed E-state index contributed by atoms with van der Waals surface area (Å²) in [4.78, 5) is 40.0. The number of carbonyl (C=O) groups excluding carboxylic acids is 3. The second kappa shape index (κ2) is 7.56. The molecule has 0 bridgehead atoms. The van der Waals surface area contributed by atoms with Crippen molar-refractivity contribution in [2.75, 3.05) is 27.2 Å². The third-order valence-electron chi connectivity index (χ3n) is 5.77. The number of nitrogens with one attached hydrogen (secondary N) is 1. The highest BCUT2D eigenvalue weighted by Gasteiger charge is 2.60. The van der Waals surface area contributed by atoms with Gasteiger partial charge in [0.1, 0.15) is 12.7 Å². The van der Waals surface area contributed by atoms with Crippen molar-refractivity contribution in [3.63, 3.8) is 0 Å². The molecule has 1 aromatic carbocycles. The molecule has 1 aromatic rings. The molecule has 0 radical (unpaired) electrons. The predicted molar refractivity (Wildman–Crippen MR) is 96.5 cm³/mol. The predicted octanol–water partition coefficient (Wildman–Crippen LogP) is 0.353. The van der Waals surface area contributed by atoms with Crippen LogP contribution in [0.25, 0.3) is 0 Å². The molecule has 2 atom stereocenters. The van der Waals surface area contributed by atoms with E-state index >= 15 is 0 Å². The van der Waals surface area contributed by atoms with Crippen molar-refractivity contribution in [3.8, 4) is 0 Å². The zero-order valence-electron chi connectivity index (χ0n) is 15.6. The van der Waals surface area contributed by atoms with Crippen LogP contribution >= 0.6 is 0 Å². The van der Waals surface area contributed by atoms with Gasteiger partial charge in [-0.1, -0.05) is 30.3 Å². The lowest BCUT2D eigenvalue weighted by molar-refractivity contribution is -0.137. The van der Waals surface area contributed by atoms with Gasteiger partial charge in [-0.05, 0) is 18.4 Å². The van der Waals surface area contributed by atoms with Gasteiger partial charge < -0.3 is 25.0 Å². The summed E-state index contributed by atoms with van der Waals surface area (Å²) in [6, 6.07) is 9.42. The maximum absolute atomic E-state index is 12.4. The molecule has 146 valence electrons. The number of amides is 3. The van der Waals surface area contributed by atoms with E-state index in [0.717, 1.165) is 5.56 Å². The Labute approximate surface area is 158 Å². The number of aliphatic hydroxyl groups excluding tert-OH is 1. The first-order valence-corrected chi connectivity index (χ1v) is 9.03. The van der Waals surface area contributed by atoms with Gasteiger partial charge in [0.05, 0.1) is 11.5 Å². The highest BCUT2D eigenvalue weighted by atomic mass is 16.6. The number of aliphatic hydroxyl groups is 1. The molecule has 1 spiro atoms. The summed E-state index contributed by atoms with van der Waals surface area (Å²) in [5.41, 5.74) is 0.121. The van der Waals surface area contributed by atoms with E-state index in [0.29, 0.717) is 25.9 Å². The Bertz CT molecular complexity index is 715. The molecule has 2 fully saturated rings. The van der Waals surface area contributed by atoms with Gasteiger partial charge in [0.2, 0.25) is 5.91 Å². The zero-order valence-corrected chi connectivity index (χ0v) is 15.6. The van der Waals surface area contributed by atoms with Crippen LogP contribution in [0.4, 0.5) is 4.79 Å². The Morgan fingerprint density at radius 1 is 1.26 bits per heavy atom. The summed E-state index contributed by atoms with van der Waals surface area (Å²) in [7, 11) is 3.10. The van der Waals surface area contributed by atoms with Crippen LogP contribution in [0.2, 0.25) is 0 Å². The zero-order chi connectivity index (χ0) is 19.6. The number of hydrogen-bond acceptors (Lipinski definition) is 5. The number of piperidine rings is 1. The molecular formula is C19H25N3O5. The van der Waals surface area contributed by atoms with Gasteiger partial charge in [0.25, 0.3) is 5.91 Å². The third kappa shape index (κ3) is 3.37. The van der Waals surface area contributed by atoms with Gasteiger partial charge in [0.15, 0.2) is 0 Å². The van der Waals surface area contributed by atoms with E-state index < -0.39 is 29.6 Å². The van der Waals surface area contributed by atoms with Gasteiger partial charge in [0, 0.05) is 27.2 Å². The quantitative estimate of drug-likeness (QED) is 0.794. The van der Waals surface area contributed by atoms with E-state index in [-0.39, 0.29) is 12.5 Å². The van der Waals surface area contributed by atoms with E-state index in [1.807, 2.05) is 30.3 Å². The minimum Gasteiger partial charge on any atom is -0.445 e. The fourth-order valence-corrected chi connectivity index (χ4v) is 4.14. The molecule has 2 N–H and O–H groups in total. The number of hydrogen-bond donors (Lipinski definition) is 2. The molecule has 2 saturated heterocycles.